The molecule has 2 N–H and O–H groups in total. The molecule has 1 saturated heterocycles. The molecular weight excluding hydrogens is 174 g/mol. The van der Waals surface area contributed by atoms with Gasteiger partial charge in [-0.25, -0.2) is 0 Å². The van der Waals surface area contributed by atoms with Gasteiger partial charge in [-0.1, -0.05) is 6.92 Å². The van der Waals surface area contributed by atoms with Gasteiger partial charge >= 0.3 is 0 Å². The molecule has 1 fully saturated rings. The van der Waals surface area contributed by atoms with Gasteiger partial charge in [0.1, 0.15) is 0 Å². The van der Waals surface area contributed by atoms with Crippen LogP contribution in [0.4, 0.5) is 0 Å². The Morgan fingerprint density at radius 1 is 1.64 bits per heavy atom. The fraction of sp³-hybridized carbons (Fsp3) is 0.909. The van der Waals surface area contributed by atoms with Crippen molar-refractivity contribution in [1.29, 1.82) is 5.26 Å². The summed E-state index contributed by atoms with van der Waals surface area (Å²) in [6.07, 6.45) is 4.30. The minimum absolute atomic E-state index is 0.391. The van der Waals surface area contributed by atoms with E-state index >= 15 is 0 Å². The van der Waals surface area contributed by atoms with E-state index < -0.39 is 0 Å². The van der Waals surface area contributed by atoms with Crippen molar-refractivity contribution in [3.05, 3.63) is 0 Å². The third kappa shape index (κ3) is 4.08. The summed E-state index contributed by atoms with van der Waals surface area (Å²) in [5, 5.41) is 15.5. The molecule has 0 spiro atoms. The second-order valence-corrected chi connectivity index (χ2v) is 4.09. The van der Waals surface area contributed by atoms with Crippen LogP contribution in [0.5, 0.6) is 0 Å². The Hall–Kier alpha value is -0.590. The van der Waals surface area contributed by atoms with Crippen LogP contribution in [0.25, 0.3) is 0 Å². The standard InChI is InChI=1S/C11H21N3/c1-2-11(5-6-12)14-9-10-4-3-7-13-8-10/h10-11,13-14H,2-5,7-9H2,1H3. The number of hydrogen-bond donors (Lipinski definition) is 2. The highest BCUT2D eigenvalue weighted by Gasteiger charge is 2.14. The van der Waals surface area contributed by atoms with E-state index in [0.29, 0.717) is 12.5 Å². The molecule has 14 heavy (non-hydrogen) atoms. The summed E-state index contributed by atoms with van der Waals surface area (Å²) in [4.78, 5) is 0. The minimum atomic E-state index is 0.391. The Morgan fingerprint density at radius 2 is 2.50 bits per heavy atom. The molecule has 3 nitrogen and oxygen atoms in total. The highest BCUT2D eigenvalue weighted by molar-refractivity contribution is 4.81. The Labute approximate surface area is 86.9 Å². The highest BCUT2D eigenvalue weighted by atomic mass is 14.9. The minimum Gasteiger partial charge on any atom is -0.316 e. The first kappa shape index (κ1) is 11.5. The van der Waals surface area contributed by atoms with Crippen LogP contribution in [0, 0.1) is 17.2 Å². The Kier molecular flexibility index (Phi) is 5.58. The van der Waals surface area contributed by atoms with Gasteiger partial charge in [0.2, 0.25) is 0 Å². The van der Waals surface area contributed by atoms with E-state index in [2.05, 4.69) is 23.6 Å². The maximum absolute atomic E-state index is 8.60. The summed E-state index contributed by atoms with van der Waals surface area (Å²) in [6, 6.07) is 2.62. The molecule has 1 aliphatic heterocycles. The van der Waals surface area contributed by atoms with Crippen molar-refractivity contribution >= 4 is 0 Å². The number of nitrogens with one attached hydrogen (secondary N) is 2. The maximum atomic E-state index is 8.60. The van der Waals surface area contributed by atoms with Crippen molar-refractivity contribution in [3.8, 4) is 6.07 Å². The summed E-state index contributed by atoms with van der Waals surface area (Å²) in [7, 11) is 0. The molecule has 0 bridgehead atoms. The van der Waals surface area contributed by atoms with Crippen LogP contribution in [0.1, 0.15) is 32.6 Å². The maximum Gasteiger partial charge on any atom is 0.0638 e. The predicted molar refractivity (Wildman–Crippen MR) is 57.9 cm³/mol. The third-order valence-corrected chi connectivity index (χ3v) is 2.92. The van der Waals surface area contributed by atoms with Crippen molar-refractivity contribution < 1.29 is 0 Å². The van der Waals surface area contributed by atoms with Crippen LogP contribution >= 0.6 is 0 Å². The zero-order valence-corrected chi connectivity index (χ0v) is 9.05. The smallest absolute Gasteiger partial charge is 0.0638 e. The van der Waals surface area contributed by atoms with Gasteiger partial charge in [-0.2, -0.15) is 5.26 Å². The molecule has 1 heterocycles. The van der Waals surface area contributed by atoms with Gasteiger partial charge in [0.15, 0.2) is 0 Å². The van der Waals surface area contributed by atoms with Gasteiger partial charge in [-0.15, -0.1) is 0 Å². The van der Waals surface area contributed by atoms with Gasteiger partial charge in [0.05, 0.1) is 12.5 Å². The molecule has 0 aromatic heterocycles. The van der Waals surface area contributed by atoms with Crippen molar-refractivity contribution in [2.24, 2.45) is 5.92 Å². The molecule has 0 aromatic carbocycles. The first-order valence-corrected chi connectivity index (χ1v) is 5.67. The summed E-state index contributed by atoms with van der Waals surface area (Å²) in [5.74, 6) is 0.761. The fourth-order valence-corrected chi connectivity index (χ4v) is 1.90. The lowest BCUT2D eigenvalue weighted by atomic mass is 9.99. The molecule has 3 heteroatoms. The topological polar surface area (TPSA) is 47.9 Å². The van der Waals surface area contributed by atoms with Crippen molar-refractivity contribution in [1.82, 2.24) is 10.6 Å². The molecule has 0 amide bonds. The molecular formula is C11H21N3. The van der Waals surface area contributed by atoms with E-state index in [0.717, 1.165) is 25.4 Å². The molecule has 2 atom stereocenters. The zero-order valence-electron chi connectivity index (χ0n) is 9.05. The van der Waals surface area contributed by atoms with E-state index in [1.807, 2.05) is 0 Å². The molecule has 0 radical (unpaired) electrons. The summed E-state index contributed by atoms with van der Waals surface area (Å²) in [5.41, 5.74) is 0. The fourth-order valence-electron chi connectivity index (χ4n) is 1.90. The largest absolute Gasteiger partial charge is 0.316 e. The predicted octanol–water partition coefficient (Wildman–Crippen LogP) is 1.27. The molecule has 0 saturated carbocycles. The number of hydrogen-bond acceptors (Lipinski definition) is 3. The number of piperidine rings is 1. The Bertz CT molecular complexity index is 179. The van der Waals surface area contributed by atoms with Gasteiger partial charge in [-0.05, 0) is 44.8 Å². The molecule has 0 aliphatic carbocycles. The quantitative estimate of drug-likeness (QED) is 0.694. The van der Waals surface area contributed by atoms with Crippen LogP contribution in [-0.2, 0) is 0 Å². The summed E-state index contributed by atoms with van der Waals surface area (Å²) in [6.45, 7) is 5.50. The normalized spacial score (nSPS) is 24.1. The second-order valence-electron chi connectivity index (χ2n) is 4.09. The van der Waals surface area contributed by atoms with Gasteiger partial charge < -0.3 is 10.6 Å². The average molecular weight is 195 g/mol. The van der Waals surface area contributed by atoms with E-state index in [-0.39, 0.29) is 0 Å². The Morgan fingerprint density at radius 3 is 3.07 bits per heavy atom. The van der Waals surface area contributed by atoms with Gasteiger partial charge in [-0.3, -0.25) is 0 Å². The first-order valence-electron chi connectivity index (χ1n) is 5.67. The van der Waals surface area contributed by atoms with E-state index in [1.165, 1.54) is 19.4 Å². The van der Waals surface area contributed by atoms with Crippen LogP contribution in [-0.4, -0.2) is 25.7 Å². The van der Waals surface area contributed by atoms with Crippen LogP contribution < -0.4 is 10.6 Å². The lowest BCUT2D eigenvalue weighted by Crippen LogP contribution is -2.39. The number of rotatable bonds is 5. The Balaban J connectivity index is 2.14. The van der Waals surface area contributed by atoms with Crippen molar-refractivity contribution in [2.75, 3.05) is 19.6 Å². The molecule has 2 unspecified atom stereocenters. The second kappa shape index (κ2) is 6.80. The average Bonchev–Trinajstić information content (AvgIpc) is 2.25. The van der Waals surface area contributed by atoms with Crippen LogP contribution in [0.2, 0.25) is 0 Å². The third-order valence-electron chi connectivity index (χ3n) is 2.92. The highest BCUT2D eigenvalue weighted by Crippen LogP contribution is 2.09. The van der Waals surface area contributed by atoms with Crippen molar-refractivity contribution in [2.45, 2.75) is 38.6 Å². The monoisotopic (exact) mass is 195 g/mol. The molecule has 1 aliphatic rings. The van der Waals surface area contributed by atoms with E-state index in [9.17, 15) is 0 Å². The van der Waals surface area contributed by atoms with Crippen molar-refractivity contribution in [3.63, 3.8) is 0 Å². The molecule has 0 aromatic rings. The molecule has 80 valence electrons. The first-order chi connectivity index (χ1) is 6.86. The lowest BCUT2D eigenvalue weighted by molar-refractivity contribution is 0.341. The number of nitrogens with zero attached hydrogens (tertiary/aromatic N) is 1. The van der Waals surface area contributed by atoms with E-state index in [1.54, 1.807) is 0 Å². The lowest BCUT2D eigenvalue weighted by Gasteiger charge is -2.25. The van der Waals surface area contributed by atoms with Gasteiger partial charge in [0, 0.05) is 6.04 Å². The zero-order chi connectivity index (χ0) is 10.2. The van der Waals surface area contributed by atoms with E-state index in [4.69, 9.17) is 5.26 Å². The summed E-state index contributed by atoms with van der Waals surface area (Å²) < 4.78 is 0. The number of nitriles is 1. The van der Waals surface area contributed by atoms with Crippen LogP contribution in [0.15, 0.2) is 0 Å². The van der Waals surface area contributed by atoms with Crippen LogP contribution in [0.3, 0.4) is 0 Å². The van der Waals surface area contributed by atoms with Gasteiger partial charge in [0.25, 0.3) is 0 Å². The SMILES string of the molecule is CCC(CC#N)NCC1CCCNC1. The summed E-state index contributed by atoms with van der Waals surface area (Å²) >= 11 is 0. The molecule has 1 rings (SSSR count).